The molecule has 0 aliphatic carbocycles. The topological polar surface area (TPSA) is 46.0 Å². The van der Waals surface area contributed by atoms with E-state index >= 15 is 0 Å². The van der Waals surface area contributed by atoms with Crippen LogP contribution in [0.3, 0.4) is 0 Å². The normalized spacial score (nSPS) is 25.4. The highest BCUT2D eigenvalue weighted by Crippen LogP contribution is 2.16. The first-order valence-electron chi connectivity index (χ1n) is 7.34. The summed E-state index contributed by atoms with van der Waals surface area (Å²) in [5.41, 5.74) is 0. The SMILES string of the molecule is CC(C)C1CN(Cc2ncnn2C(C)C)C(C)CN1. The lowest BCUT2D eigenvalue weighted by Gasteiger charge is -2.40. The van der Waals surface area contributed by atoms with Gasteiger partial charge in [0.05, 0.1) is 6.54 Å². The highest BCUT2D eigenvalue weighted by molar-refractivity contribution is 4.92. The zero-order chi connectivity index (χ0) is 14.0. The van der Waals surface area contributed by atoms with Crippen molar-refractivity contribution in [2.75, 3.05) is 13.1 Å². The minimum atomic E-state index is 0.372. The Bertz CT molecular complexity index is 398. The highest BCUT2D eigenvalue weighted by atomic mass is 15.4. The first kappa shape index (κ1) is 14.5. The van der Waals surface area contributed by atoms with E-state index in [1.807, 2.05) is 4.68 Å². The lowest BCUT2D eigenvalue weighted by atomic mass is 10.00. The van der Waals surface area contributed by atoms with Gasteiger partial charge in [-0.15, -0.1) is 0 Å². The van der Waals surface area contributed by atoms with Crippen molar-refractivity contribution in [3.63, 3.8) is 0 Å². The molecule has 19 heavy (non-hydrogen) atoms. The van der Waals surface area contributed by atoms with E-state index in [0.717, 1.165) is 25.5 Å². The molecule has 1 aliphatic rings. The minimum Gasteiger partial charge on any atom is -0.311 e. The lowest BCUT2D eigenvalue weighted by Crippen LogP contribution is -2.56. The van der Waals surface area contributed by atoms with Gasteiger partial charge in [-0.1, -0.05) is 13.8 Å². The molecule has 5 nitrogen and oxygen atoms in total. The standard InChI is InChI=1S/C14H27N5/c1-10(2)13-7-18(12(5)6-15-13)8-14-16-9-17-19(14)11(3)4/h9-13,15H,6-8H2,1-5H3. The second-order valence-electron chi connectivity index (χ2n) is 6.25. The molecule has 1 N–H and O–H groups in total. The molecule has 0 radical (unpaired) electrons. The summed E-state index contributed by atoms with van der Waals surface area (Å²) < 4.78 is 2.03. The summed E-state index contributed by atoms with van der Waals surface area (Å²) >= 11 is 0. The number of hydrogen-bond donors (Lipinski definition) is 1. The molecule has 5 heteroatoms. The van der Waals surface area contributed by atoms with Gasteiger partial charge >= 0.3 is 0 Å². The Labute approximate surface area is 116 Å². The second kappa shape index (κ2) is 6.01. The Hall–Kier alpha value is -0.940. The molecule has 0 aromatic carbocycles. The van der Waals surface area contributed by atoms with E-state index in [2.05, 4.69) is 54.9 Å². The average Bonchev–Trinajstić information content (AvgIpc) is 2.80. The van der Waals surface area contributed by atoms with E-state index in [9.17, 15) is 0 Å². The fourth-order valence-corrected chi connectivity index (χ4v) is 2.62. The van der Waals surface area contributed by atoms with Gasteiger partial charge in [-0.3, -0.25) is 4.90 Å². The van der Waals surface area contributed by atoms with Crippen molar-refractivity contribution in [2.24, 2.45) is 5.92 Å². The van der Waals surface area contributed by atoms with Crippen LogP contribution in [0.4, 0.5) is 0 Å². The van der Waals surface area contributed by atoms with E-state index in [4.69, 9.17) is 0 Å². The molecule has 0 saturated carbocycles. The summed E-state index contributed by atoms with van der Waals surface area (Å²) in [6.07, 6.45) is 1.67. The van der Waals surface area contributed by atoms with Gasteiger partial charge in [-0.25, -0.2) is 9.67 Å². The molecule has 1 fully saturated rings. The Morgan fingerprint density at radius 3 is 2.74 bits per heavy atom. The van der Waals surface area contributed by atoms with Crippen LogP contribution < -0.4 is 5.32 Å². The Morgan fingerprint density at radius 2 is 2.11 bits per heavy atom. The minimum absolute atomic E-state index is 0.372. The van der Waals surface area contributed by atoms with Crippen molar-refractivity contribution < 1.29 is 0 Å². The van der Waals surface area contributed by atoms with Crippen LogP contribution in [0.15, 0.2) is 6.33 Å². The molecule has 2 atom stereocenters. The Kier molecular flexibility index (Phi) is 4.58. The fraction of sp³-hybridized carbons (Fsp3) is 0.857. The molecule has 108 valence electrons. The quantitative estimate of drug-likeness (QED) is 0.899. The average molecular weight is 265 g/mol. The van der Waals surface area contributed by atoms with Crippen molar-refractivity contribution in [3.05, 3.63) is 12.2 Å². The third-order valence-corrected chi connectivity index (χ3v) is 4.02. The third-order valence-electron chi connectivity index (χ3n) is 4.02. The van der Waals surface area contributed by atoms with Gasteiger partial charge in [0.2, 0.25) is 0 Å². The van der Waals surface area contributed by atoms with Gasteiger partial charge in [0.1, 0.15) is 12.2 Å². The zero-order valence-corrected chi connectivity index (χ0v) is 12.8. The number of nitrogens with one attached hydrogen (secondary N) is 1. The molecule has 1 saturated heterocycles. The Balaban J connectivity index is 2.06. The number of hydrogen-bond acceptors (Lipinski definition) is 4. The molecule has 0 spiro atoms. The maximum Gasteiger partial charge on any atom is 0.141 e. The summed E-state index contributed by atoms with van der Waals surface area (Å²) in [4.78, 5) is 6.94. The predicted octanol–water partition coefficient (Wildman–Crippen LogP) is 1.68. The molecule has 2 heterocycles. The van der Waals surface area contributed by atoms with E-state index in [1.54, 1.807) is 6.33 Å². The van der Waals surface area contributed by atoms with Gasteiger partial charge in [-0.05, 0) is 26.7 Å². The van der Waals surface area contributed by atoms with Gasteiger partial charge in [-0.2, -0.15) is 5.10 Å². The van der Waals surface area contributed by atoms with Gasteiger partial charge in [0.15, 0.2) is 0 Å². The van der Waals surface area contributed by atoms with Gasteiger partial charge in [0, 0.05) is 31.2 Å². The van der Waals surface area contributed by atoms with Crippen LogP contribution in [-0.4, -0.2) is 44.8 Å². The summed E-state index contributed by atoms with van der Waals surface area (Å²) in [7, 11) is 0. The largest absolute Gasteiger partial charge is 0.311 e. The summed E-state index contributed by atoms with van der Waals surface area (Å²) in [6.45, 7) is 14.2. The number of rotatable bonds is 4. The molecular formula is C14H27N5. The monoisotopic (exact) mass is 265 g/mol. The third kappa shape index (κ3) is 3.34. The van der Waals surface area contributed by atoms with Crippen molar-refractivity contribution in [1.82, 2.24) is 25.0 Å². The van der Waals surface area contributed by atoms with Crippen molar-refractivity contribution in [1.29, 1.82) is 0 Å². The van der Waals surface area contributed by atoms with Crippen LogP contribution in [0.25, 0.3) is 0 Å². The molecule has 1 aromatic rings. The van der Waals surface area contributed by atoms with Crippen LogP contribution in [-0.2, 0) is 6.54 Å². The van der Waals surface area contributed by atoms with Crippen LogP contribution in [0.2, 0.25) is 0 Å². The predicted molar refractivity (Wildman–Crippen MR) is 76.9 cm³/mol. The molecule has 1 aliphatic heterocycles. The summed E-state index contributed by atoms with van der Waals surface area (Å²) in [5.74, 6) is 1.74. The highest BCUT2D eigenvalue weighted by Gasteiger charge is 2.27. The van der Waals surface area contributed by atoms with Crippen molar-refractivity contribution in [3.8, 4) is 0 Å². The molecule has 2 unspecified atom stereocenters. The Morgan fingerprint density at radius 1 is 1.37 bits per heavy atom. The van der Waals surface area contributed by atoms with E-state index in [1.165, 1.54) is 0 Å². The molecule has 1 aromatic heterocycles. The van der Waals surface area contributed by atoms with Crippen LogP contribution in [0.5, 0.6) is 0 Å². The number of aromatic nitrogens is 3. The van der Waals surface area contributed by atoms with E-state index in [-0.39, 0.29) is 0 Å². The summed E-state index contributed by atoms with van der Waals surface area (Å²) in [6, 6.07) is 1.50. The van der Waals surface area contributed by atoms with Crippen LogP contribution >= 0.6 is 0 Å². The van der Waals surface area contributed by atoms with E-state index < -0.39 is 0 Å². The first-order valence-corrected chi connectivity index (χ1v) is 7.34. The number of nitrogens with zero attached hydrogens (tertiary/aromatic N) is 4. The fourth-order valence-electron chi connectivity index (χ4n) is 2.62. The smallest absolute Gasteiger partial charge is 0.141 e. The zero-order valence-electron chi connectivity index (χ0n) is 12.8. The molecule has 2 rings (SSSR count). The van der Waals surface area contributed by atoms with Gasteiger partial charge in [0.25, 0.3) is 0 Å². The van der Waals surface area contributed by atoms with E-state index in [0.29, 0.717) is 24.0 Å². The molecule has 0 bridgehead atoms. The van der Waals surface area contributed by atoms with Gasteiger partial charge < -0.3 is 5.32 Å². The maximum atomic E-state index is 4.43. The number of piperazine rings is 1. The second-order valence-corrected chi connectivity index (χ2v) is 6.25. The van der Waals surface area contributed by atoms with Crippen molar-refractivity contribution >= 4 is 0 Å². The van der Waals surface area contributed by atoms with Crippen LogP contribution in [0, 0.1) is 5.92 Å². The maximum absolute atomic E-state index is 4.43. The van der Waals surface area contributed by atoms with Crippen LogP contribution in [0.1, 0.15) is 46.5 Å². The first-order chi connectivity index (χ1) is 8.99. The summed E-state index contributed by atoms with van der Waals surface area (Å²) in [5, 5.41) is 7.95. The lowest BCUT2D eigenvalue weighted by molar-refractivity contribution is 0.111. The molecular weight excluding hydrogens is 238 g/mol. The molecule has 0 amide bonds. The van der Waals surface area contributed by atoms with Crippen molar-refractivity contribution in [2.45, 2.75) is 59.3 Å².